The number of nitrogens with one attached hydrogen (secondary N) is 2. The van der Waals surface area contributed by atoms with Crippen LogP contribution in [-0.2, 0) is 6.42 Å². The third-order valence-electron chi connectivity index (χ3n) is 4.43. The van der Waals surface area contributed by atoms with Crippen LogP contribution in [0.3, 0.4) is 0 Å². The predicted octanol–water partition coefficient (Wildman–Crippen LogP) is 3.43. The second-order valence-electron chi connectivity index (χ2n) is 6.04. The maximum absolute atomic E-state index is 12.7. The number of hydrogen-bond acceptors (Lipinski definition) is 2. The molecule has 3 aromatic rings. The number of pyridine rings is 1. The van der Waals surface area contributed by atoms with Crippen LogP contribution in [-0.4, -0.2) is 17.6 Å². The van der Waals surface area contributed by atoms with Gasteiger partial charge in [0.2, 0.25) is 0 Å². The van der Waals surface area contributed by atoms with E-state index in [0.717, 1.165) is 17.5 Å². The Bertz CT molecular complexity index is 1010. The molecule has 2 amide bonds. The summed E-state index contributed by atoms with van der Waals surface area (Å²) in [5.41, 5.74) is 3.83. The molecule has 0 saturated heterocycles. The van der Waals surface area contributed by atoms with Gasteiger partial charge in [-0.05, 0) is 43.2 Å². The van der Waals surface area contributed by atoms with Crippen molar-refractivity contribution in [1.29, 1.82) is 0 Å². The number of urea groups is 1. The van der Waals surface area contributed by atoms with Gasteiger partial charge in [-0.1, -0.05) is 23.8 Å². The van der Waals surface area contributed by atoms with E-state index in [-0.39, 0.29) is 11.6 Å². The Morgan fingerprint density at radius 1 is 1.17 bits per heavy atom. The van der Waals surface area contributed by atoms with Crippen LogP contribution in [0.2, 0.25) is 0 Å². The molecule has 5 heteroatoms. The van der Waals surface area contributed by atoms with Gasteiger partial charge < -0.3 is 10.3 Å². The van der Waals surface area contributed by atoms with Crippen LogP contribution in [0.15, 0.2) is 53.5 Å². The van der Waals surface area contributed by atoms with Gasteiger partial charge in [-0.3, -0.25) is 9.69 Å². The highest BCUT2D eigenvalue weighted by Gasteiger charge is 2.24. The first kappa shape index (κ1) is 14.5. The number of H-pyrrole nitrogens is 1. The number of aromatic nitrogens is 1. The van der Waals surface area contributed by atoms with E-state index in [9.17, 15) is 9.59 Å². The van der Waals surface area contributed by atoms with E-state index in [1.807, 2.05) is 18.2 Å². The summed E-state index contributed by atoms with van der Waals surface area (Å²) in [6.45, 7) is 2.71. The third kappa shape index (κ3) is 2.34. The molecule has 4 rings (SSSR count). The summed E-state index contributed by atoms with van der Waals surface area (Å²) < 4.78 is 0. The van der Waals surface area contributed by atoms with E-state index in [0.29, 0.717) is 17.6 Å². The molecule has 1 aromatic heterocycles. The molecule has 120 valence electrons. The smallest absolute Gasteiger partial charge is 0.326 e. The Morgan fingerprint density at radius 2 is 2.04 bits per heavy atom. The first-order valence-corrected chi connectivity index (χ1v) is 7.92. The normalized spacial score (nSPS) is 13.1. The highest BCUT2D eigenvalue weighted by Crippen LogP contribution is 2.30. The Balaban J connectivity index is 1.67. The molecule has 0 atom stereocenters. The lowest BCUT2D eigenvalue weighted by Gasteiger charge is -2.19. The maximum atomic E-state index is 12.7. The number of fused-ring (bicyclic) bond motifs is 2. The Kier molecular flexibility index (Phi) is 3.34. The molecule has 2 aromatic carbocycles. The Labute approximate surface area is 138 Å². The summed E-state index contributed by atoms with van der Waals surface area (Å²) in [6.07, 6.45) is 2.45. The molecule has 5 nitrogen and oxygen atoms in total. The van der Waals surface area contributed by atoms with Gasteiger partial charge in [-0.25, -0.2) is 4.79 Å². The second-order valence-corrected chi connectivity index (χ2v) is 6.04. The predicted molar refractivity (Wildman–Crippen MR) is 95.8 cm³/mol. The molecule has 0 aliphatic carbocycles. The lowest BCUT2D eigenvalue weighted by atomic mass is 10.1. The zero-order valence-electron chi connectivity index (χ0n) is 13.3. The number of rotatable bonds is 1. The minimum Gasteiger partial charge on any atom is -0.329 e. The average Bonchev–Trinajstić information content (AvgIpc) is 2.99. The van der Waals surface area contributed by atoms with Crippen molar-refractivity contribution < 1.29 is 4.79 Å². The highest BCUT2D eigenvalue weighted by atomic mass is 16.2. The van der Waals surface area contributed by atoms with Crippen LogP contribution >= 0.6 is 0 Å². The van der Waals surface area contributed by atoms with Crippen LogP contribution in [0.25, 0.3) is 10.8 Å². The van der Waals surface area contributed by atoms with Gasteiger partial charge >= 0.3 is 6.03 Å². The van der Waals surface area contributed by atoms with Gasteiger partial charge in [-0.2, -0.15) is 0 Å². The molecular weight excluding hydrogens is 302 g/mol. The Morgan fingerprint density at radius 3 is 2.92 bits per heavy atom. The van der Waals surface area contributed by atoms with Crippen molar-refractivity contribution in [1.82, 2.24) is 4.98 Å². The third-order valence-corrected chi connectivity index (χ3v) is 4.43. The summed E-state index contributed by atoms with van der Waals surface area (Å²) in [4.78, 5) is 29.0. The number of anilines is 2. The fourth-order valence-electron chi connectivity index (χ4n) is 3.25. The number of aryl methyl sites for hydroxylation is 1. The number of hydrogen-bond donors (Lipinski definition) is 2. The first-order valence-electron chi connectivity index (χ1n) is 7.92. The molecule has 0 spiro atoms. The van der Waals surface area contributed by atoms with Crippen molar-refractivity contribution in [3.63, 3.8) is 0 Å². The topological polar surface area (TPSA) is 65.2 Å². The molecule has 0 fully saturated rings. The number of benzene rings is 2. The average molecular weight is 319 g/mol. The van der Waals surface area contributed by atoms with Crippen molar-refractivity contribution in [2.24, 2.45) is 0 Å². The summed E-state index contributed by atoms with van der Waals surface area (Å²) >= 11 is 0. The standard InChI is InChI=1S/C19H17N3O2/c1-12-5-6-17-13(11-12)8-10-22(17)19(24)21-16-4-2-3-15-14(16)7-9-20-18(15)23/h2-7,9,11H,8,10H2,1H3,(H,20,23)(H,21,24). The van der Waals surface area contributed by atoms with E-state index in [4.69, 9.17) is 0 Å². The number of carbonyl (C=O) groups excluding carboxylic acids is 1. The second kappa shape index (κ2) is 5.53. The van der Waals surface area contributed by atoms with Crippen molar-refractivity contribution in [2.45, 2.75) is 13.3 Å². The number of carbonyl (C=O) groups is 1. The maximum Gasteiger partial charge on any atom is 0.326 e. The van der Waals surface area contributed by atoms with Crippen molar-refractivity contribution >= 4 is 28.2 Å². The lowest BCUT2D eigenvalue weighted by molar-refractivity contribution is 0.257. The van der Waals surface area contributed by atoms with E-state index >= 15 is 0 Å². The van der Waals surface area contributed by atoms with Crippen molar-refractivity contribution in [2.75, 3.05) is 16.8 Å². The highest BCUT2D eigenvalue weighted by molar-refractivity contribution is 6.07. The van der Waals surface area contributed by atoms with Crippen LogP contribution in [0.1, 0.15) is 11.1 Å². The van der Waals surface area contributed by atoms with Gasteiger partial charge in [0.25, 0.3) is 5.56 Å². The largest absolute Gasteiger partial charge is 0.329 e. The number of amides is 2. The molecule has 2 heterocycles. The lowest BCUT2D eigenvalue weighted by Crippen LogP contribution is -2.33. The zero-order chi connectivity index (χ0) is 16.7. The van der Waals surface area contributed by atoms with Crippen LogP contribution in [0, 0.1) is 6.92 Å². The minimum absolute atomic E-state index is 0.161. The zero-order valence-corrected chi connectivity index (χ0v) is 13.3. The van der Waals surface area contributed by atoms with Crippen LogP contribution < -0.4 is 15.8 Å². The van der Waals surface area contributed by atoms with Crippen molar-refractivity contribution in [3.8, 4) is 0 Å². The Hall–Kier alpha value is -3.08. The van der Waals surface area contributed by atoms with E-state index in [1.165, 1.54) is 11.1 Å². The number of aromatic amines is 1. The molecule has 24 heavy (non-hydrogen) atoms. The fourth-order valence-corrected chi connectivity index (χ4v) is 3.25. The molecule has 0 saturated carbocycles. The van der Waals surface area contributed by atoms with Gasteiger partial charge in [-0.15, -0.1) is 0 Å². The van der Waals surface area contributed by atoms with Crippen LogP contribution in [0.5, 0.6) is 0 Å². The van der Waals surface area contributed by atoms with Gasteiger partial charge in [0.15, 0.2) is 0 Å². The van der Waals surface area contributed by atoms with Crippen molar-refractivity contribution in [3.05, 3.63) is 70.1 Å². The van der Waals surface area contributed by atoms with E-state index in [1.54, 1.807) is 29.3 Å². The molecule has 1 aliphatic rings. The van der Waals surface area contributed by atoms with Gasteiger partial charge in [0.05, 0.1) is 5.69 Å². The SMILES string of the molecule is Cc1ccc2c(c1)CCN2C(=O)Nc1cccc2c(=O)[nH]ccc12. The van der Waals surface area contributed by atoms with Gasteiger partial charge in [0.1, 0.15) is 0 Å². The van der Waals surface area contributed by atoms with E-state index in [2.05, 4.69) is 23.3 Å². The monoisotopic (exact) mass is 319 g/mol. The summed E-state index contributed by atoms with van der Waals surface area (Å²) in [5.74, 6) is 0. The minimum atomic E-state index is -0.176. The fraction of sp³-hybridized carbons (Fsp3) is 0.158. The van der Waals surface area contributed by atoms with Crippen LogP contribution in [0.4, 0.5) is 16.2 Å². The van der Waals surface area contributed by atoms with Gasteiger partial charge in [0, 0.05) is 29.2 Å². The quantitative estimate of drug-likeness (QED) is 0.721. The molecule has 0 unspecified atom stereocenters. The molecular formula is C19H17N3O2. The molecule has 1 aliphatic heterocycles. The molecule has 0 radical (unpaired) electrons. The molecule has 0 bridgehead atoms. The summed E-state index contributed by atoms with van der Waals surface area (Å²) in [5, 5.41) is 4.24. The van der Waals surface area contributed by atoms with E-state index < -0.39 is 0 Å². The molecule has 2 N–H and O–H groups in total. The first-order chi connectivity index (χ1) is 11.6. The summed E-state index contributed by atoms with van der Waals surface area (Å²) in [7, 11) is 0. The number of nitrogens with zero attached hydrogens (tertiary/aromatic N) is 1. The summed E-state index contributed by atoms with van der Waals surface area (Å²) in [6, 6.07) is 13.1.